The Hall–Kier alpha value is -4.75. The lowest BCUT2D eigenvalue weighted by Gasteiger charge is -2.16. The number of hydrogen-bond donors (Lipinski definition) is 0. The van der Waals surface area contributed by atoms with Crippen molar-refractivity contribution in [1.82, 2.24) is 0 Å². The summed E-state index contributed by atoms with van der Waals surface area (Å²) in [5.74, 6) is 0. The van der Waals surface area contributed by atoms with Gasteiger partial charge in [-0.1, -0.05) is 91.0 Å². The van der Waals surface area contributed by atoms with Crippen LogP contribution in [0.5, 0.6) is 0 Å². The van der Waals surface area contributed by atoms with Gasteiger partial charge in [0.05, 0.1) is 5.56 Å². The van der Waals surface area contributed by atoms with Crippen molar-refractivity contribution in [2.24, 2.45) is 0 Å². The molecule has 0 amide bonds. The van der Waals surface area contributed by atoms with E-state index in [-0.39, 0.29) is 0 Å². The van der Waals surface area contributed by atoms with E-state index in [1.807, 2.05) is 40.9 Å². The molecule has 0 N–H and O–H groups in total. The van der Waals surface area contributed by atoms with Crippen LogP contribution in [0.4, 0.5) is 0 Å². The summed E-state index contributed by atoms with van der Waals surface area (Å²) in [6.45, 7) is 0. The second kappa shape index (κ2) is 9.17. The first kappa shape index (κ1) is 23.2. The van der Waals surface area contributed by atoms with Crippen molar-refractivity contribution < 1.29 is 0 Å². The minimum atomic E-state index is 0.706. The highest BCUT2D eigenvalue weighted by atomic mass is 32.1. The number of nitrogens with zero attached hydrogens (tertiary/aromatic N) is 1. The van der Waals surface area contributed by atoms with Crippen molar-refractivity contribution in [2.45, 2.75) is 0 Å². The molecule has 0 spiro atoms. The maximum absolute atomic E-state index is 10.7. The molecule has 0 aliphatic rings. The Kier molecular flexibility index (Phi) is 5.31. The van der Waals surface area contributed by atoms with Crippen LogP contribution in [0, 0.1) is 11.3 Å². The molecular weight excluding hydrogens is 523 g/mol. The van der Waals surface area contributed by atoms with Crippen LogP contribution in [-0.2, 0) is 0 Å². The lowest BCUT2D eigenvalue weighted by Crippen LogP contribution is -1.94. The summed E-state index contributed by atoms with van der Waals surface area (Å²) < 4.78 is 5.12. The van der Waals surface area contributed by atoms with Gasteiger partial charge in [0.1, 0.15) is 6.07 Å². The van der Waals surface area contributed by atoms with Crippen molar-refractivity contribution >= 4 is 63.0 Å². The quantitative estimate of drug-likeness (QED) is 0.217. The zero-order valence-electron chi connectivity index (χ0n) is 21.4. The second-order valence-electron chi connectivity index (χ2n) is 10.0. The van der Waals surface area contributed by atoms with Crippen LogP contribution in [0.1, 0.15) is 5.56 Å². The number of hydrogen-bond acceptors (Lipinski definition) is 3. The highest BCUT2D eigenvalue weighted by Crippen LogP contribution is 2.43. The Balaban J connectivity index is 1.39. The van der Waals surface area contributed by atoms with Crippen molar-refractivity contribution in [3.8, 4) is 39.4 Å². The predicted molar refractivity (Wildman–Crippen MR) is 173 cm³/mol. The Morgan fingerprint density at radius 1 is 0.425 bits per heavy atom. The Morgan fingerprint density at radius 2 is 0.925 bits per heavy atom. The number of nitriles is 1. The molecule has 6 aromatic carbocycles. The summed E-state index contributed by atoms with van der Waals surface area (Å²) in [5.41, 5.74) is 6.96. The van der Waals surface area contributed by atoms with Crippen LogP contribution in [0.3, 0.4) is 0 Å². The Labute approximate surface area is 239 Å². The van der Waals surface area contributed by atoms with E-state index in [1.165, 1.54) is 40.3 Å². The monoisotopic (exact) mass is 543 g/mol. The van der Waals surface area contributed by atoms with E-state index in [9.17, 15) is 5.26 Å². The lowest BCUT2D eigenvalue weighted by atomic mass is 9.86. The molecule has 0 bridgehead atoms. The molecule has 0 saturated heterocycles. The Morgan fingerprint density at radius 3 is 1.52 bits per heavy atom. The van der Waals surface area contributed by atoms with E-state index >= 15 is 0 Å². The summed E-state index contributed by atoms with van der Waals surface area (Å²) >= 11 is 3.64. The summed E-state index contributed by atoms with van der Waals surface area (Å²) in [6, 6.07) is 47.7. The molecule has 0 saturated carbocycles. The molecule has 2 heterocycles. The van der Waals surface area contributed by atoms with Gasteiger partial charge in [-0.05, 0) is 58.7 Å². The topological polar surface area (TPSA) is 23.8 Å². The molecule has 1 nitrogen and oxygen atoms in total. The average molecular weight is 544 g/mol. The van der Waals surface area contributed by atoms with Crippen molar-refractivity contribution in [3.05, 3.63) is 133 Å². The second-order valence-corrected chi connectivity index (χ2v) is 12.2. The molecule has 0 fully saturated rings. The first-order valence-electron chi connectivity index (χ1n) is 13.2. The molecule has 0 aliphatic carbocycles. The minimum Gasteiger partial charge on any atom is -0.192 e. The number of fused-ring (bicyclic) bond motifs is 6. The summed E-state index contributed by atoms with van der Waals surface area (Å²) in [4.78, 5) is 0. The highest BCUT2D eigenvalue weighted by molar-refractivity contribution is 7.26. The van der Waals surface area contributed by atoms with Crippen LogP contribution < -0.4 is 0 Å². The van der Waals surface area contributed by atoms with E-state index in [0.29, 0.717) is 5.56 Å². The van der Waals surface area contributed by atoms with Crippen molar-refractivity contribution in [3.63, 3.8) is 0 Å². The maximum atomic E-state index is 10.7. The SMILES string of the molecule is N#Cc1c(-c2ccc3sc4ccccc4c3c2)ccc(-c2ccc3sc4ccccc4c3c2)c1-c1ccccc1. The van der Waals surface area contributed by atoms with Gasteiger partial charge in [0.2, 0.25) is 0 Å². The summed E-state index contributed by atoms with van der Waals surface area (Å²) in [5, 5.41) is 15.7. The van der Waals surface area contributed by atoms with Crippen LogP contribution in [0.15, 0.2) is 127 Å². The average Bonchev–Trinajstić information content (AvgIpc) is 3.58. The molecule has 2 aromatic heterocycles. The van der Waals surface area contributed by atoms with Crippen LogP contribution in [0.25, 0.3) is 73.7 Å². The van der Waals surface area contributed by atoms with Gasteiger partial charge in [-0.3, -0.25) is 0 Å². The molecule has 186 valence electrons. The van der Waals surface area contributed by atoms with Gasteiger partial charge in [-0.15, -0.1) is 22.7 Å². The van der Waals surface area contributed by atoms with E-state index in [4.69, 9.17) is 0 Å². The lowest BCUT2D eigenvalue weighted by molar-refractivity contribution is 1.47. The van der Waals surface area contributed by atoms with Gasteiger partial charge in [-0.2, -0.15) is 5.26 Å². The molecule has 40 heavy (non-hydrogen) atoms. The first-order chi connectivity index (χ1) is 19.8. The van der Waals surface area contributed by atoms with Crippen LogP contribution >= 0.6 is 22.7 Å². The fourth-order valence-corrected chi connectivity index (χ4v) is 8.06. The molecule has 8 rings (SSSR count). The van der Waals surface area contributed by atoms with E-state index in [0.717, 1.165) is 33.4 Å². The molecule has 0 unspecified atom stereocenters. The first-order valence-corrected chi connectivity index (χ1v) is 14.9. The highest BCUT2D eigenvalue weighted by Gasteiger charge is 2.19. The van der Waals surface area contributed by atoms with Gasteiger partial charge in [0.25, 0.3) is 0 Å². The van der Waals surface area contributed by atoms with E-state index in [1.54, 1.807) is 0 Å². The third-order valence-corrected chi connectivity index (χ3v) is 10.1. The predicted octanol–water partition coefficient (Wildman–Crippen LogP) is 11.3. The fourth-order valence-electron chi connectivity index (χ4n) is 5.89. The van der Waals surface area contributed by atoms with E-state index < -0.39 is 0 Å². The zero-order chi connectivity index (χ0) is 26.6. The van der Waals surface area contributed by atoms with Crippen LogP contribution in [-0.4, -0.2) is 0 Å². The van der Waals surface area contributed by atoms with Crippen LogP contribution in [0.2, 0.25) is 0 Å². The summed E-state index contributed by atoms with van der Waals surface area (Å²) in [6.07, 6.45) is 0. The standard InChI is InChI=1S/C37H21NS2/c38-22-32-26(24-14-18-35-30(20-24)28-10-4-6-12-33(28)39-35)16-17-27(37(32)23-8-2-1-3-9-23)25-15-19-36-31(21-25)29-11-5-7-13-34(29)40-36/h1-21H. The summed E-state index contributed by atoms with van der Waals surface area (Å²) in [7, 11) is 0. The van der Waals surface area contributed by atoms with Crippen molar-refractivity contribution in [1.29, 1.82) is 5.26 Å². The largest absolute Gasteiger partial charge is 0.192 e. The number of rotatable bonds is 3. The van der Waals surface area contributed by atoms with Gasteiger partial charge in [0, 0.05) is 51.5 Å². The molecule has 3 heteroatoms. The normalized spacial score (nSPS) is 11.5. The molecule has 0 radical (unpaired) electrons. The Bertz CT molecular complexity index is 2280. The van der Waals surface area contributed by atoms with Crippen molar-refractivity contribution in [2.75, 3.05) is 0 Å². The maximum Gasteiger partial charge on any atom is 0.100 e. The third-order valence-electron chi connectivity index (χ3n) is 7.76. The van der Waals surface area contributed by atoms with Gasteiger partial charge in [0.15, 0.2) is 0 Å². The molecule has 8 aromatic rings. The third kappa shape index (κ3) is 3.58. The molecule has 0 aliphatic heterocycles. The van der Waals surface area contributed by atoms with Gasteiger partial charge >= 0.3 is 0 Å². The fraction of sp³-hybridized carbons (Fsp3) is 0. The van der Waals surface area contributed by atoms with Gasteiger partial charge < -0.3 is 0 Å². The molecule has 0 atom stereocenters. The van der Waals surface area contributed by atoms with E-state index in [2.05, 4.69) is 115 Å². The smallest absolute Gasteiger partial charge is 0.100 e. The molecular formula is C37H21NS2. The van der Waals surface area contributed by atoms with Gasteiger partial charge in [-0.25, -0.2) is 0 Å². The number of benzene rings is 6. The minimum absolute atomic E-state index is 0.706. The zero-order valence-corrected chi connectivity index (χ0v) is 23.0. The number of thiophene rings is 2.